The van der Waals surface area contributed by atoms with E-state index in [0.29, 0.717) is 0 Å². The molecule has 0 N–H and O–H groups in total. The third-order valence-electron chi connectivity index (χ3n) is 1.68. The van der Waals surface area contributed by atoms with Gasteiger partial charge >= 0.3 is 17.9 Å². The molecule has 0 spiro atoms. The number of nitrogens with zero attached hydrogens (tertiary/aromatic N) is 3. The molecular weight excluding hydrogens is 260 g/mol. The van der Waals surface area contributed by atoms with Gasteiger partial charge in [-0.05, 0) is 0 Å². The summed E-state index contributed by atoms with van der Waals surface area (Å²) in [6, 6.07) is -5.05. The third-order valence-corrected chi connectivity index (χ3v) is 1.68. The van der Waals surface area contributed by atoms with E-state index in [1.54, 1.807) is 0 Å². The summed E-state index contributed by atoms with van der Waals surface area (Å²) in [6.07, 6.45) is -10.0. The Morgan fingerprint density at radius 3 is 2.24 bits per heavy atom. The number of halogens is 6. The number of nitro groups is 1. The SMILES string of the molecule is O=[N+]([O-])c1cnn(C(F)(F)C(F)C(F)(F)F)c1. The maximum Gasteiger partial charge on any atom is 0.427 e. The molecule has 0 bridgehead atoms. The standard InChI is InChI=1S/C6H3F6N3O2/c7-4(5(8,9)10)6(11,12)14-2-3(1-13-14)15(16)17/h1-2,4H. The number of hydrogen-bond acceptors (Lipinski definition) is 3. The molecule has 0 radical (unpaired) electrons. The molecule has 1 aromatic heterocycles. The van der Waals surface area contributed by atoms with Crippen molar-refractivity contribution >= 4 is 5.69 Å². The summed E-state index contributed by atoms with van der Waals surface area (Å²) in [5.74, 6) is 0. The molecule has 0 amide bonds. The van der Waals surface area contributed by atoms with E-state index < -0.39 is 33.7 Å². The van der Waals surface area contributed by atoms with Crippen molar-refractivity contribution in [2.24, 2.45) is 0 Å². The number of rotatable bonds is 3. The van der Waals surface area contributed by atoms with Crippen LogP contribution in [-0.2, 0) is 6.05 Å². The number of hydrogen-bond donors (Lipinski definition) is 0. The summed E-state index contributed by atoms with van der Waals surface area (Å²) in [4.78, 5) is 8.95. The van der Waals surface area contributed by atoms with E-state index >= 15 is 0 Å². The molecule has 0 saturated carbocycles. The van der Waals surface area contributed by atoms with Crippen LogP contribution < -0.4 is 0 Å². The fourth-order valence-electron chi connectivity index (χ4n) is 0.884. The predicted molar refractivity (Wildman–Crippen MR) is 40.0 cm³/mol. The first-order valence-corrected chi connectivity index (χ1v) is 3.85. The van der Waals surface area contributed by atoms with Crippen LogP contribution in [0.25, 0.3) is 0 Å². The minimum atomic E-state index is -5.80. The molecule has 0 aliphatic heterocycles. The highest BCUT2D eigenvalue weighted by Crippen LogP contribution is 2.38. The first-order chi connectivity index (χ1) is 7.56. The second-order valence-electron chi connectivity index (χ2n) is 2.89. The van der Waals surface area contributed by atoms with E-state index in [-0.39, 0.29) is 12.4 Å². The van der Waals surface area contributed by atoms with E-state index in [2.05, 4.69) is 5.10 Å². The first kappa shape index (κ1) is 13.3. The Bertz CT molecular complexity index is 428. The van der Waals surface area contributed by atoms with Gasteiger partial charge in [-0.2, -0.15) is 31.7 Å². The van der Waals surface area contributed by atoms with E-state index in [4.69, 9.17) is 0 Å². The molecule has 0 aliphatic rings. The smallest absolute Gasteiger partial charge is 0.258 e. The van der Waals surface area contributed by atoms with Gasteiger partial charge in [0.15, 0.2) is 0 Å². The van der Waals surface area contributed by atoms with Crippen molar-refractivity contribution in [3.63, 3.8) is 0 Å². The highest BCUT2D eigenvalue weighted by Gasteiger charge is 2.59. The summed E-state index contributed by atoms with van der Waals surface area (Å²) in [6.45, 7) is 0. The van der Waals surface area contributed by atoms with Crippen LogP contribution in [0.1, 0.15) is 0 Å². The number of aromatic nitrogens is 2. The van der Waals surface area contributed by atoms with E-state index in [1.807, 2.05) is 0 Å². The van der Waals surface area contributed by atoms with Crippen LogP contribution in [-0.4, -0.2) is 27.1 Å². The van der Waals surface area contributed by atoms with Crippen LogP contribution in [0.2, 0.25) is 0 Å². The van der Waals surface area contributed by atoms with Crippen LogP contribution in [0.4, 0.5) is 32.0 Å². The highest BCUT2D eigenvalue weighted by atomic mass is 19.4. The molecule has 17 heavy (non-hydrogen) atoms. The van der Waals surface area contributed by atoms with Gasteiger partial charge in [0.05, 0.1) is 4.92 Å². The third kappa shape index (κ3) is 2.47. The fourth-order valence-corrected chi connectivity index (χ4v) is 0.884. The van der Waals surface area contributed by atoms with Gasteiger partial charge in [0, 0.05) is 0 Å². The van der Waals surface area contributed by atoms with Crippen molar-refractivity contribution in [3.8, 4) is 0 Å². The Balaban J connectivity index is 3.08. The fraction of sp³-hybridized carbons (Fsp3) is 0.500. The van der Waals surface area contributed by atoms with Crippen LogP contribution in [0.3, 0.4) is 0 Å². The van der Waals surface area contributed by atoms with Crippen molar-refractivity contribution in [1.82, 2.24) is 9.78 Å². The molecule has 1 atom stereocenters. The maximum absolute atomic E-state index is 12.9. The van der Waals surface area contributed by atoms with Crippen molar-refractivity contribution in [2.75, 3.05) is 0 Å². The van der Waals surface area contributed by atoms with Crippen molar-refractivity contribution in [3.05, 3.63) is 22.5 Å². The van der Waals surface area contributed by atoms with Gasteiger partial charge in [0.1, 0.15) is 12.4 Å². The van der Waals surface area contributed by atoms with Gasteiger partial charge in [-0.25, -0.2) is 4.39 Å². The van der Waals surface area contributed by atoms with Crippen molar-refractivity contribution in [2.45, 2.75) is 18.4 Å². The Morgan fingerprint density at radius 1 is 1.35 bits per heavy atom. The zero-order valence-corrected chi connectivity index (χ0v) is 7.66. The van der Waals surface area contributed by atoms with E-state index in [0.717, 1.165) is 0 Å². The molecule has 1 rings (SSSR count). The van der Waals surface area contributed by atoms with Crippen LogP contribution in [0, 0.1) is 10.1 Å². The van der Waals surface area contributed by atoms with Gasteiger partial charge in [-0.15, -0.1) is 0 Å². The lowest BCUT2D eigenvalue weighted by molar-refractivity contribution is -0.385. The molecule has 0 saturated heterocycles. The van der Waals surface area contributed by atoms with Crippen LogP contribution in [0.5, 0.6) is 0 Å². The zero-order valence-electron chi connectivity index (χ0n) is 7.66. The van der Waals surface area contributed by atoms with Crippen molar-refractivity contribution < 1.29 is 31.3 Å². The van der Waals surface area contributed by atoms with Gasteiger partial charge in [-0.1, -0.05) is 0 Å². The summed E-state index contributed by atoms with van der Waals surface area (Å²) in [7, 11) is 0. The predicted octanol–water partition coefficient (Wildman–Crippen LogP) is 2.24. The van der Waals surface area contributed by atoms with E-state index in [9.17, 15) is 36.5 Å². The monoisotopic (exact) mass is 263 g/mol. The van der Waals surface area contributed by atoms with Crippen LogP contribution in [0.15, 0.2) is 12.4 Å². The Hall–Kier alpha value is -1.81. The molecule has 11 heteroatoms. The molecule has 0 aliphatic carbocycles. The van der Waals surface area contributed by atoms with Crippen molar-refractivity contribution in [1.29, 1.82) is 0 Å². The molecule has 1 heterocycles. The first-order valence-electron chi connectivity index (χ1n) is 3.85. The lowest BCUT2D eigenvalue weighted by Crippen LogP contribution is -2.44. The Morgan fingerprint density at radius 2 is 1.88 bits per heavy atom. The second-order valence-corrected chi connectivity index (χ2v) is 2.89. The number of alkyl halides is 6. The van der Waals surface area contributed by atoms with E-state index in [1.165, 1.54) is 0 Å². The lowest BCUT2D eigenvalue weighted by atomic mass is 10.3. The summed E-state index contributed by atoms with van der Waals surface area (Å²) in [5, 5.41) is 12.7. The average molecular weight is 263 g/mol. The minimum absolute atomic E-state index is 0.0122. The molecule has 96 valence electrons. The van der Waals surface area contributed by atoms with Crippen LogP contribution >= 0.6 is 0 Å². The molecule has 1 aromatic rings. The Labute approximate surface area is 88.8 Å². The normalized spacial score (nSPS) is 14.7. The average Bonchev–Trinajstić information content (AvgIpc) is 2.64. The molecule has 1 unspecified atom stereocenters. The molecule has 5 nitrogen and oxygen atoms in total. The topological polar surface area (TPSA) is 61.0 Å². The second kappa shape index (κ2) is 3.89. The zero-order chi connectivity index (χ0) is 13.4. The largest absolute Gasteiger partial charge is 0.427 e. The summed E-state index contributed by atoms with van der Waals surface area (Å²) >= 11 is 0. The minimum Gasteiger partial charge on any atom is -0.258 e. The summed E-state index contributed by atoms with van der Waals surface area (Å²) < 4.78 is 72.9. The van der Waals surface area contributed by atoms with Gasteiger partial charge in [0.25, 0.3) is 6.17 Å². The Kier molecular flexibility index (Phi) is 3.03. The lowest BCUT2D eigenvalue weighted by Gasteiger charge is -2.22. The van der Waals surface area contributed by atoms with Gasteiger partial charge in [-0.3, -0.25) is 10.1 Å². The molecular formula is C6H3F6N3O2. The molecule has 0 aromatic carbocycles. The van der Waals surface area contributed by atoms with Gasteiger partial charge < -0.3 is 0 Å². The van der Waals surface area contributed by atoms with Gasteiger partial charge in [0.2, 0.25) is 0 Å². The maximum atomic E-state index is 12.9. The molecule has 0 fully saturated rings. The highest BCUT2D eigenvalue weighted by molar-refractivity contribution is 5.21. The summed E-state index contributed by atoms with van der Waals surface area (Å²) in [5.41, 5.74) is -0.973. The quantitative estimate of drug-likeness (QED) is 0.477.